The molecule has 4 heteroatoms. The van der Waals surface area contributed by atoms with E-state index in [2.05, 4.69) is 34.4 Å². The molecule has 0 amide bonds. The average Bonchev–Trinajstić information content (AvgIpc) is 2.21. The molecule has 4 N–H and O–H groups in total. The van der Waals surface area contributed by atoms with E-state index in [1.165, 1.54) is 0 Å². The van der Waals surface area contributed by atoms with Gasteiger partial charge in [0.05, 0.1) is 11.6 Å². The summed E-state index contributed by atoms with van der Waals surface area (Å²) in [6.45, 7) is 7.46. The fourth-order valence-electron chi connectivity index (χ4n) is 1.24. The van der Waals surface area contributed by atoms with Crippen molar-refractivity contribution in [3.8, 4) is 0 Å². The molecule has 0 aromatic heterocycles. The van der Waals surface area contributed by atoms with Gasteiger partial charge in [0, 0.05) is 0 Å². The van der Waals surface area contributed by atoms with Crippen molar-refractivity contribution in [1.29, 1.82) is 0 Å². The third-order valence-corrected chi connectivity index (χ3v) is 1.65. The van der Waals surface area contributed by atoms with Gasteiger partial charge in [0.25, 0.3) is 0 Å². The summed E-state index contributed by atoms with van der Waals surface area (Å²) >= 11 is 0. The van der Waals surface area contributed by atoms with Crippen LogP contribution < -0.4 is 21.3 Å². The second-order valence-corrected chi connectivity index (χ2v) is 2.49. The summed E-state index contributed by atoms with van der Waals surface area (Å²) in [7, 11) is 0. The van der Waals surface area contributed by atoms with Gasteiger partial charge in [-0.2, -0.15) is 0 Å². The largest absolute Gasteiger partial charge is 0.349 e. The highest BCUT2D eigenvalue weighted by molar-refractivity contribution is 5.14. The Kier molecular flexibility index (Phi) is 0.869. The van der Waals surface area contributed by atoms with E-state index in [9.17, 15) is 0 Å². The third kappa shape index (κ3) is 0.618. The molecule has 2 saturated heterocycles. The molecule has 0 spiro atoms. The molecule has 0 bridgehead atoms. The van der Waals surface area contributed by atoms with Crippen LogP contribution in [0.4, 0.5) is 0 Å². The molecule has 0 aliphatic carbocycles. The maximum atomic E-state index is 3.73. The van der Waals surface area contributed by atoms with Gasteiger partial charge >= 0.3 is 0 Å². The molecule has 2 rings (SSSR count). The fourth-order valence-corrected chi connectivity index (χ4v) is 1.24. The van der Waals surface area contributed by atoms with Crippen molar-refractivity contribution in [2.45, 2.75) is 12.3 Å². The molecule has 0 saturated carbocycles. The Morgan fingerprint density at radius 2 is 1.10 bits per heavy atom. The smallest absolute Gasteiger partial charge is 0.139 e. The van der Waals surface area contributed by atoms with Crippen LogP contribution in [-0.2, 0) is 0 Å². The maximum absolute atomic E-state index is 3.73. The number of hydrogen-bond donors (Lipinski definition) is 4. The van der Waals surface area contributed by atoms with Crippen LogP contribution in [0.2, 0.25) is 0 Å². The Balaban J connectivity index is 2.12. The van der Waals surface area contributed by atoms with Gasteiger partial charge in [-0.05, 0) is 0 Å². The zero-order valence-electron chi connectivity index (χ0n) is 5.57. The zero-order valence-corrected chi connectivity index (χ0v) is 5.57. The highest BCUT2D eigenvalue weighted by atomic mass is 15.4. The van der Waals surface area contributed by atoms with Crippen LogP contribution in [0.25, 0.3) is 0 Å². The number of hydrogen-bond acceptors (Lipinski definition) is 4. The first-order chi connectivity index (χ1) is 4.75. The molecule has 0 atom stereocenters. The van der Waals surface area contributed by atoms with Crippen LogP contribution >= 0.6 is 0 Å². The molecule has 2 aliphatic heterocycles. The van der Waals surface area contributed by atoms with E-state index in [1.54, 1.807) is 0 Å². The second kappa shape index (κ2) is 1.59. The van der Waals surface area contributed by atoms with Crippen molar-refractivity contribution >= 4 is 0 Å². The summed E-state index contributed by atoms with van der Waals surface area (Å²) < 4.78 is 0. The lowest BCUT2D eigenvalue weighted by Crippen LogP contribution is -2.39. The summed E-state index contributed by atoms with van der Waals surface area (Å²) in [5, 5.41) is 12.4. The van der Waals surface area contributed by atoms with Crippen molar-refractivity contribution < 1.29 is 0 Å². The molecular weight excluding hydrogens is 128 g/mol. The van der Waals surface area contributed by atoms with E-state index < -0.39 is 0 Å². The van der Waals surface area contributed by atoms with Crippen molar-refractivity contribution in [1.82, 2.24) is 21.3 Å². The molecule has 0 aromatic carbocycles. The number of fused-ring (bicyclic) bond motifs is 1. The van der Waals surface area contributed by atoms with Crippen molar-refractivity contribution in [2.24, 2.45) is 0 Å². The number of nitrogens with one attached hydrogen (secondary N) is 4. The van der Waals surface area contributed by atoms with Crippen molar-refractivity contribution in [2.75, 3.05) is 0 Å². The van der Waals surface area contributed by atoms with E-state index in [1.807, 2.05) is 0 Å². The molecule has 10 heavy (non-hydrogen) atoms. The highest BCUT2D eigenvalue weighted by Gasteiger charge is 2.33. The van der Waals surface area contributed by atoms with E-state index in [4.69, 9.17) is 0 Å². The van der Waals surface area contributed by atoms with Crippen molar-refractivity contribution in [3.05, 3.63) is 24.8 Å². The summed E-state index contributed by atoms with van der Waals surface area (Å²) in [6.07, 6.45) is 0.417. The molecule has 0 unspecified atom stereocenters. The Bertz CT molecular complexity index is 160. The lowest BCUT2D eigenvalue weighted by atomic mass is 10.4. The topological polar surface area (TPSA) is 48.1 Å². The lowest BCUT2D eigenvalue weighted by Gasteiger charge is -2.04. The summed E-state index contributed by atoms with van der Waals surface area (Å²) in [5.74, 6) is 1.70. The Labute approximate surface area is 59.4 Å². The van der Waals surface area contributed by atoms with Crippen LogP contribution in [0, 0.1) is 0 Å². The first-order valence-corrected chi connectivity index (χ1v) is 3.20. The van der Waals surface area contributed by atoms with E-state index >= 15 is 0 Å². The second-order valence-electron chi connectivity index (χ2n) is 2.49. The Morgan fingerprint density at radius 3 is 1.40 bits per heavy atom. The molecule has 0 aromatic rings. The molecular formula is C6H10N4. The van der Waals surface area contributed by atoms with Crippen LogP contribution in [-0.4, -0.2) is 12.3 Å². The van der Waals surface area contributed by atoms with Crippen LogP contribution in [0.3, 0.4) is 0 Å². The Hall–Kier alpha value is -1.32. The predicted molar refractivity (Wildman–Crippen MR) is 38.4 cm³/mol. The summed E-state index contributed by atoms with van der Waals surface area (Å²) in [4.78, 5) is 0. The molecule has 2 heterocycles. The SMILES string of the molecule is C=C1NC2NC(=C)NC2N1. The minimum atomic E-state index is 0.208. The van der Waals surface area contributed by atoms with Gasteiger partial charge in [0.1, 0.15) is 12.3 Å². The molecule has 2 aliphatic rings. The summed E-state index contributed by atoms with van der Waals surface area (Å²) in [6, 6.07) is 0. The minimum Gasteiger partial charge on any atom is -0.349 e. The monoisotopic (exact) mass is 138 g/mol. The van der Waals surface area contributed by atoms with Gasteiger partial charge in [-0.3, -0.25) is 0 Å². The van der Waals surface area contributed by atoms with Gasteiger partial charge in [-0.1, -0.05) is 13.2 Å². The van der Waals surface area contributed by atoms with Crippen LogP contribution in [0.1, 0.15) is 0 Å². The van der Waals surface area contributed by atoms with E-state index in [-0.39, 0.29) is 12.3 Å². The fraction of sp³-hybridized carbons (Fsp3) is 0.333. The molecule has 54 valence electrons. The molecule has 4 nitrogen and oxygen atoms in total. The third-order valence-electron chi connectivity index (χ3n) is 1.65. The first-order valence-electron chi connectivity index (χ1n) is 3.20. The average molecular weight is 138 g/mol. The number of rotatable bonds is 0. The maximum Gasteiger partial charge on any atom is 0.139 e. The van der Waals surface area contributed by atoms with Crippen LogP contribution in [0.15, 0.2) is 24.8 Å². The molecule has 0 radical (unpaired) electrons. The van der Waals surface area contributed by atoms with E-state index in [0.29, 0.717) is 0 Å². The van der Waals surface area contributed by atoms with Gasteiger partial charge in [0.2, 0.25) is 0 Å². The standard InChI is InChI=1S/C6H10N4/c1-3-7-5-6(8-3)10-4(2)9-5/h5-10H,1-2H2. The van der Waals surface area contributed by atoms with E-state index in [0.717, 1.165) is 11.6 Å². The Morgan fingerprint density at radius 1 is 0.800 bits per heavy atom. The minimum absolute atomic E-state index is 0.208. The normalized spacial score (nSPS) is 35.6. The van der Waals surface area contributed by atoms with Crippen LogP contribution in [0.5, 0.6) is 0 Å². The van der Waals surface area contributed by atoms with Crippen molar-refractivity contribution in [3.63, 3.8) is 0 Å². The lowest BCUT2D eigenvalue weighted by molar-refractivity contribution is 0.522. The summed E-state index contributed by atoms with van der Waals surface area (Å²) in [5.41, 5.74) is 0. The van der Waals surface area contributed by atoms with Gasteiger partial charge < -0.3 is 21.3 Å². The van der Waals surface area contributed by atoms with Gasteiger partial charge in [-0.15, -0.1) is 0 Å². The van der Waals surface area contributed by atoms with Gasteiger partial charge in [-0.25, -0.2) is 0 Å². The van der Waals surface area contributed by atoms with Gasteiger partial charge in [0.15, 0.2) is 0 Å². The highest BCUT2D eigenvalue weighted by Crippen LogP contribution is 2.07. The predicted octanol–water partition coefficient (Wildman–Crippen LogP) is -1.03. The quantitative estimate of drug-likeness (QED) is 0.345. The first kappa shape index (κ1) is 5.46. The zero-order chi connectivity index (χ0) is 7.14. The molecule has 2 fully saturated rings.